The van der Waals surface area contributed by atoms with Crippen LogP contribution in [-0.4, -0.2) is 36.7 Å². The van der Waals surface area contributed by atoms with Crippen molar-refractivity contribution < 1.29 is 9.84 Å². The Morgan fingerprint density at radius 3 is 2.59 bits per heavy atom. The molecule has 2 unspecified atom stereocenters. The van der Waals surface area contributed by atoms with Gasteiger partial charge in [0.15, 0.2) is 0 Å². The topological polar surface area (TPSA) is 67.8 Å². The number of aliphatic hydroxyl groups is 1. The first kappa shape index (κ1) is 18.7. The number of hydrogen-bond donors (Lipinski definition) is 2. The number of hydrogen-bond acceptors (Lipinski definition) is 4. The Morgan fingerprint density at radius 2 is 2.05 bits per heavy atom. The number of aliphatic hydroxyl groups excluding tert-OH is 1. The Hall–Kier alpha value is -1.39. The summed E-state index contributed by atoms with van der Waals surface area (Å²) in [6, 6.07) is 0. The molecule has 0 amide bonds. The highest BCUT2D eigenvalue weighted by atomic mass is 16.5. The van der Waals surface area contributed by atoms with Gasteiger partial charge in [0.2, 0.25) is 0 Å². The van der Waals surface area contributed by atoms with Crippen LogP contribution >= 0.6 is 0 Å². The minimum absolute atomic E-state index is 0.0196. The van der Waals surface area contributed by atoms with Gasteiger partial charge in [0.05, 0.1) is 25.4 Å². The molecule has 0 aliphatic carbocycles. The predicted molar refractivity (Wildman–Crippen MR) is 93.0 cm³/mol. The molecule has 0 bridgehead atoms. The number of nitrogens with zero attached hydrogens (tertiary/aromatic N) is 1. The summed E-state index contributed by atoms with van der Waals surface area (Å²) in [5.41, 5.74) is 10.5. The van der Waals surface area contributed by atoms with Crippen molar-refractivity contribution in [1.29, 1.82) is 0 Å². The van der Waals surface area contributed by atoms with Crippen LogP contribution in [0.1, 0.15) is 47.0 Å². The van der Waals surface area contributed by atoms with Gasteiger partial charge in [-0.3, -0.25) is 4.99 Å². The number of allylic oxidation sites excluding steroid dienone is 3. The smallest absolute Gasteiger partial charge is 0.0815 e. The molecule has 0 aromatic rings. The Balaban J connectivity index is 2.89. The summed E-state index contributed by atoms with van der Waals surface area (Å²) in [6.45, 7) is 8.82. The Morgan fingerprint density at radius 1 is 1.32 bits per heavy atom. The fourth-order valence-electron chi connectivity index (χ4n) is 2.40. The van der Waals surface area contributed by atoms with Crippen LogP contribution in [0.25, 0.3) is 0 Å². The van der Waals surface area contributed by atoms with Crippen molar-refractivity contribution in [2.45, 2.75) is 59.2 Å². The highest BCUT2D eigenvalue weighted by Gasteiger charge is 2.25. The molecular weight excluding hydrogens is 276 g/mol. The van der Waals surface area contributed by atoms with E-state index < -0.39 is 0 Å². The summed E-state index contributed by atoms with van der Waals surface area (Å²) in [5, 5.41) is 9.15. The van der Waals surface area contributed by atoms with Gasteiger partial charge in [-0.05, 0) is 57.4 Å². The summed E-state index contributed by atoms with van der Waals surface area (Å²) in [6.07, 6.45) is 8.81. The normalized spacial score (nSPS) is 25.0. The molecule has 124 valence electrons. The van der Waals surface area contributed by atoms with Gasteiger partial charge in [0, 0.05) is 5.70 Å². The number of aliphatic imine (C=N–C) groups is 1. The first-order valence-corrected chi connectivity index (χ1v) is 8.07. The van der Waals surface area contributed by atoms with Gasteiger partial charge in [-0.2, -0.15) is 0 Å². The van der Waals surface area contributed by atoms with E-state index in [1.54, 1.807) is 6.21 Å². The van der Waals surface area contributed by atoms with E-state index in [1.165, 1.54) is 5.57 Å². The molecule has 0 aromatic heterocycles. The van der Waals surface area contributed by atoms with Crippen molar-refractivity contribution in [3.05, 3.63) is 34.6 Å². The summed E-state index contributed by atoms with van der Waals surface area (Å²) in [7, 11) is 0. The fourth-order valence-corrected chi connectivity index (χ4v) is 2.40. The van der Waals surface area contributed by atoms with E-state index in [0.717, 1.165) is 36.1 Å². The van der Waals surface area contributed by atoms with Crippen LogP contribution in [0.5, 0.6) is 0 Å². The van der Waals surface area contributed by atoms with Gasteiger partial charge < -0.3 is 15.6 Å². The lowest BCUT2D eigenvalue weighted by atomic mass is 10.0. The molecule has 1 aliphatic rings. The average molecular weight is 306 g/mol. The van der Waals surface area contributed by atoms with E-state index in [0.29, 0.717) is 6.54 Å². The van der Waals surface area contributed by atoms with Gasteiger partial charge in [-0.15, -0.1) is 0 Å². The largest absolute Gasteiger partial charge is 0.398 e. The van der Waals surface area contributed by atoms with Crippen LogP contribution in [-0.2, 0) is 4.74 Å². The SMILES string of the molecule is C/C=N\CC(=C\C=C(/C)C1CCC(CO)O1)/C(N)=C(\C)CC. The van der Waals surface area contributed by atoms with Gasteiger partial charge in [-0.1, -0.05) is 24.6 Å². The van der Waals surface area contributed by atoms with Crippen molar-refractivity contribution >= 4 is 6.21 Å². The monoisotopic (exact) mass is 306 g/mol. The fraction of sp³-hybridized carbons (Fsp3) is 0.611. The maximum atomic E-state index is 9.15. The lowest BCUT2D eigenvalue weighted by Gasteiger charge is -2.13. The maximum absolute atomic E-state index is 9.15. The predicted octanol–water partition coefficient (Wildman–Crippen LogP) is 3.13. The molecule has 1 rings (SSSR count). The maximum Gasteiger partial charge on any atom is 0.0815 e. The molecule has 3 N–H and O–H groups in total. The average Bonchev–Trinajstić information content (AvgIpc) is 3.02. The van der Waals surface area contributed by atoms with Gasteiger partial charge in [0.1, 0.15) is 0 Å². The lowest BCUT2D eigenvalue weighted by Crippen LogP contribution is -2.15. The molecule has 1 fully saturated rings. The van der Waals surface area contributed by atoms with Crippen molar-refractivity contribution in [1.82, 2.24) is 0 Å². The zero-order valence-corrected chi connectivity index (χ0v) is 14.3. The van der Waals surface area contributed by atoms with E-state index in [4.69, 9.17) is 15.6 Å². The third-order valence-corrected chi connectivity index (χ3v) is 4.15. The van der Waals surface area contributed by atoms with E-state index in [1.807, 2.05) is 13.0 Å². The Bertz CT molecular complexity index is 475. The molecule has 1 heterocycles. The molecule has 0 spiro atoms. The van der Waals surface area contributed by atoms with E-state index in [2.05, 4.69) is 31.8 Å². The van der Waals surface area contributed by atoms with E-state index in [9.17, 15) is 0 Å². The molecule has 1 saturated heterocycles. The molecule has 0 radical (unpaired) electrons. The third-order valence-electron chi connectivity index (χ3n) is 4.15. The second-order valence-electron chi connectivity index (χ2n) is 5.76. The van der Waals surface area contributed by atoms with Gasteiger partial charge >= 0.3 is 0 Å². The van der Waals surface area contributed by atoms with E-state index >= 15 is 0 Å². The Kier molecular flexibility index (Phi) is 8.13. The molecule has 22 heavy (non-hydrogen) atoms. The van der Waals surface area contributed by atoms with E-state index in [-0.39, 0.29) is 18.8 Å². The highest BCUT2D eigenvalue weighted by molar-refractivity contribution is 5.54. The zero-order chi connectivity index (χ0) is 16.5. The molecule has 4 heteroatoms. The van der Waals surface area contributed by atoms with Crippen molar-refractivity contribution in [2.75, 3.05) is 13.2 Å². The third kappa shape index (κ3) is 5.43. The number of ether oxygens (including phenoxy) is 1. The quantitative estimate of drug-likeness (QED) is 0.561. The van der Waals surface area contributed by atoms with Crippen molar-refractivity contribution in [2.24, 2.45) is 10.7 Å². The van der Waals surface area contributed by atoms with Crippen LogP contribution in [0.4, 0.5) is 0 Å². The Labute approximate surface area is 134 Å². The van der Waals surface area contributed by atoms with Crippen LogP contribution < -0.4 is 5.73 Å². The minimum atomic E-state index is -0.0196. The van der Waals surface area contributed by atoms with Crippen LogP contribution in [0.3, 0.4) is 0 Å². The molecule has 2 atom stereocenters. The summed E-state index contributed by atoms with van der Waals surface area (Å²) in [4.78, 5) is 4.31. The number of nitrogens with two attached hydrogens (primary N) is 1. The second-order valence-corrected chi connectivity index (χ2v) is 5.76. The van der Waals surface area contributed by atoms with Gasteiger partial charge in [-0.25, -0.2) is 0 Å². The summed E-state index contributed by atoms with van der Waals surface area (Å²) < 4.78 is 5.79. The first-order chi connectivity index (χ1) is 10.5. The highest BCUT2D eigenvalue weighted by Crippen LogP contribution is 2.25. The molecule has 1 aliphatic heterocycles. The lowest BCUT2D eigenvalue weighted by molar-refractivity contribution is 0.0267. The first-order valence-electron chi connectivity index (χ1n) is 8.07. The van der Waals surface area contributed by atoms with Crippen molar-refractivity contribution in [3.8, 4) is 0 Å². The van der Waals surface area contributed by atoms with Crippen LogP contribution in [0.15, 0.2) is 39.6 Å². The molecule has 0 aromatic carbocycles. The molecule has 0 saturated carbocycles. The minimum Gasteiger partial charge on any atom is -0.398 e. The molecule has 4 nitrogen and oxygen atoms in total. The standard InChI is InChI=1S/C18H30N2O2/c1-5-13(3)18(19)15(11-20-6-2)8-7-14(4)17-10-9-16(12-21)22-17/h6-8,16-17,21H,5,9-12,19H2,1-4H3/b14-7+,15-8+,18-13-,20-6-. The van der Waals surface area contributed by atoms with Crippen molar-refractivity contribution in [3.63, 3.8) is 0 Å². The van der Waals surface area contributed by atoms with Crippen LogP contribution in [0.2, 0.25) is 0 Å². The second kappa shape index (κ2) is 9.59. The van der Waals surface area contributed by atoms with Crippen LogP contribution in [0, 0.1) is 0 Å². The summed E-state index contributed by atoms with van der Waals surface area (Å²) in [5.74, 6) is 0. The molecular formula is C18H30N2O2. The zero-order valence-electron chi connectivity index (χ0n) is 14.3. The number of rotatable bonds is 7. The summed E-state index contributed by atoms with van der Waals surface area (Å²) >= 11 is 0. The van der Waals surface area contributed by atoms with Gasteiger partial charge in [0.25, 0.3) is 0 Å².